The summed E-state index contributed by atoms with van der Waals surface area (Å²) >= 11 is 0. The van der Waals surface area contributed by atoms with Crippen LogP contribution in [0.4, 0.5) is 0 Å². The highest BCUT2D eigenvalue weighted by Crippen LogP contribution is 2.17. The number of hydrogen-bond acceptors (Lipinski definition) is 8. The number of unbranched alkanes of at least 4 members (excludes halogenated alkanes) is 37. The van der Waals surface area contributed by atoms with Gasteiger partial charge in [0.1, 0.15) is 13.2 Å². The maximum Gasteiger partial charge on any atom is 0.306 e. The van der Waals surface area contributed by atoms with Crippen molar-refractivity contribution in [1.82, 2.24) is 0 Å². The molecule has 0 N–H and O–H groups in total. The number of carbonyl (C=O) groups excluding carboxylic acids is 3. The van der Waals surface area contributed by atoms with E-state index in [2.05, 4.69) is 13.8 Å². The predicted octanol–water partition coefficient (Wildman–Crippen LogP) is 14.3. The molecule has 0 heterocycles. The molecule has 64 heavy (non-hydrogen) atoms. The number of nitrogens with zero attached hydrogens (tertiary/aromatic N) is 1. The number of esters is 2. The van der Waals surface area contributed by atoms with Crippen molar-refractivity contribution in [2.24, 2.45) is 0 Å². The van der Waals surface area contributed by atoms with Crippen molar-refractivity contribution in [3.8, 4) is 0 Å². The van der Waals surface area contributed by atoms with Gasteiger partial charge in [-0.2, -0.15) is 0 Å². The zero-order chi connectivity index (χ0) is 47.0. The molecule has 0 bridgehead atoms. The van der Waals surface area contributed by atoms with E-state index in [9.17, 15) is 19.5 Å². The van der Waals surface area contributed by atoms with E-state index in [1.807, 2.05) is 21.1 Å². The van der Waals surface area contributed by atoms with Gasteiger partial charge in [0.05, 0.1) is 40.3 Å². The molecular formula is C55H107NO8. The van der Waals surface area contributed by atoms with Crippen LogP contribution in [-0.4, -0.2) is 82.3 Å². The SMILES string of the molecule is CCCCCCCCCCCCCCCCCCCCCCCCCC(=O)OC(COC(=O)CCCCCCCCCCCCCCCCCC)COC(OCC[N+](C)(C)C)C(=O)[O-]. The van der Waals surface area contributed by atoms with Gasteiger partial charge in [0.15, 0.2) is 12.4 Å². The number of likely N-dealkylation sites (N-methyl/N-ethyl adjacent to an activating group) is 1. The molecule has 9 heteroatoms. The number of aliphatic carboxylic acids is 1. The summed E-state index contributed by atoms with van der Waals surface area (Å²) < 4.78 is 22.7. The number of hydrogen-bond donors (Lipinski definition) is 0. The highest BCUT2D eigenvalue weighted by Gasteiger charge is 2.22. The first-order chi connectivity index (χ1) is 31.1. The molecule has 0 aromatic carbocycles. The highest BCUT2D eigenvalue weighted by molar-refractivity contribution is 5.70. The van der Waals surface area contributed by atoms with E-state index in [-0.39, 0.29) is 32.2 Å². The van der Waals surface area contributed by atoms with Crippen molar-refractivity contribution in [1.29, 1.82) is 0 Å². The Bertz CT molecular complexity index is 1020. The zero-order valence-electron chi connectivity index (χ0n) is 43.2. The van der Waals surface area contributed by atoms with Gasteiger partial charge in [0.25, 0.3) is 0 Å². The molecule has 0 spiro atoms. The molecule has 0 amide bonds. The van der Waals surface area contributed by atoms with Crippen LogP contribution in [0, 0.1) is 0 Å². The van der Waals surface area contributed by atoms with Crippen LogP contribution >= 0.6 is 0 Å². The van der Waals surface area contributed by atoms with Crippen LogP contribution < -0.4 is 5.11 Å². The molecule has 0 aliphatic carbocycles. The minimum atomic E-state index is -1.61. The molecule has 0 rings (SSSR count). The van der Waals surface area contributed by atoms with Crippen molar-refractivity contribution in [2.75, 3.05) is 47.5 Å². The Morgan fingerprint density at radius 2 is 0.703 bits per heavy atom. The van der Waals surface area contributed by atoms with E-state index >= 15 is 0 Å². The number of carbonyl (C=O) groups is 3. The fraction of sp³-hybridized carbons (Fsp3) is 0.945. The summed E-state index contributed by atoms with van der Waals surface area (Å²) in [6.07, 6.45) is 48.6. The third-order valence-corrected chi connectivity index (χ3v) is 12.6. The van der Waals surface area contributed by atoms with Crippen LogP contribution in [0.5, 0.6) is 0 Å². The van der Waals surface area contributed by atoms with Crippen LogP contribution in [0.25, 0.3) is 0 Å². The number of rotatable bonds is 52. The molecule has 2 unspecified atom stereocenters. The summed E-state index contributed by atoms with van der Waals surface area (Å²) in [6.45, 7) is 4.81. The monoisotopic (exact) mass is 910 g/mol. The van der Waals surface area contributed by atoms with Crippen LogP contribution in [-0.2, 0) is 33.3 Å². The highest BCUT2D eigenvalue weighted by atomic mass is 16.7. The molecule has 0 saturated heterocycles. The second-order valence-corrected chi connectivity index (χ2v) is 20.2. The molecule has 0 aromatic heterocycles. The lowest BCUT2D eigenvalue weighted by Crippen LogP contribution is -2.44. The minimum absolute atomic E-state index is 0.153. The van der Waals surface area contributed by atoms with E-state index in [0.717, 1.165) is 38.5 Å². The van der Waals surface area contributed by atoms with Gasteiger partial charge in [-0.25, -0.2) is 0 Å². The van der Waals surface area contributed by atoms with Crippen molar-refractivity contribution >= 4 is 17.9 Å². The first-order valence-electron chi connectivity index (χ1n) is 27.7. The second-order valence-electron chi connectivity index (χ2n) is 20.2. The number of carboxylic acid groups (broad SMARTS) is 1. The Morgan fingerprint density at radius 1 is 0.406 bits per heavy atom. The summed E-state index contributed by atoms with van der Waals surface area (Å²) in [5.41, 5.74) is 0. The van der Waals surface area contributed by atoms with Crippen molar-refractivity contribution in [2.45, 2.75) is 289 Å². The summed E-state index contributed by atoms with van der Waals surface area (Å²) in [4.78, 5) is 37.2. The van der Waals surface area contributed by atoms with Gasteiger partial charge in [0, 0.05) is 12.8 Å². The van der Waals surface area contributed by atoms with E-state index in [1.54, 1.807) is 0 Å². The van der Waals surface area contributed by atoms with E-state index in [1.165, 1.54) is 212 Å². The Hall–Kier alpha value is -1.71. The summed E-state index contributed by atoms with van der Waals surface area (Å²) in [6, 6.07) is 0. The average molecular weight is 910 g/mol. The van der Waals surface area contributed by atoms with Crippen LogP contribution in [0.2, 0.25) is 0 Å². The third kappa shape index (κ3) is 48.2. The molecule has 9 nitrogen and oxygen atoms in total. The molecular weight excluding hydrogens is 803 g/mol. The first-order valence-corrected chi connectivity index (χ1v) is 27.7. The number of ether oxygens (including phenoxy) is 4. The standard InChI is InChI=1S/C55H107NO8/c1-6-8-10-12-14-16-18-20-22-24-25-26-27-28-29-30-32-34-36-38-40-42-44-46-53(58)64-51(50-63-55(54(59)60)61-48-47-56(3,4)5)49-62-52(57)45-43-41-39-37-35-33-31-23-21-19-17-15-13-11-9-7-2/h51,55H,6-50H2,1-5H3. The first kappa shape index (κ1) is 62.3. The Kier molecular flexibility index (Phi) is 46.5. The second kappa shape index (κ2) is 47.8. The fourth-order valence-corrected chi connectivity index (χ4v) is 8.30. The van der Waals surface area contributed by atoms with Crippen molar-refractivity contribution in [3.63, 3.8) is 0 Å². The Labute approximate surface area is 396 Å². The van der Waals surface area contributed by atoms with Crippen LogP contribution in [0.1, 0.15) is 277 Å². The molecule has 380 valence electrons. The van der Waals surface area contributed by atoms with Crippen LogP contribution in [0.15, 0.2) is 0 Å². The quantitative estimate of drug-likeness (QED) is 0.0257. The fourth-order valence-electron chi connectivity index (χ4n) is 8.30. The molecule has 0 aliphatic rings. The van der Waals surface area contributed by atoms with Crippen LogP contribution in [0.3, 0.4) is 0 Å². The van der Waals surface area contributed by atoms with Crippen molar-refractivity contribution in [3.05, 3.63) is 0 Å². The largest absolute Gasteiger partial charge is 0.545 e. The topological polar surface area (TPSA) is 111 Å². The number of carboxylic acids is 1. The maximum absolute atomic E-state index is 12.8. The normalized spacial score (nSPS) is 12.7. The van der Waals surface area contributed by atoms with Gasteiger partial charge in [-0.05, 0) is 12.8 Å². The molecule has 0 radical (unpaired) electrons. The molecule has 0 fully saturated rings. The lowest BCUT2D eigenvalue weighted by Gasteiger charge is -2.26. The molecule has 0 saturated carbocycles. The van der Waals surface area contributed by atoms with Gasteiger partial charge in [0.2, 0.25) is 0 Å². The molecule has 2 atom stereocenters. The molecule has 0 aliphatic heterocycles. The van der Waals surface area contributed by atoms with E-state index in [0.29, 0.717) is 17.4 Å². The van der Waals surface area contributed by atoms with Gasteiger partial charge in [-0.1, -0.05) is 251 Å². The lowest BCUT2D eigenvalue weighted by molar-refractivity contribution is -0.870. The predicted molar refractivity (Wildman–Crippen MR) is 265 cm³/mol. The van der Waals surface area contributed by atoms with E-state index in [4.69, 9.17) is 18.9 Å². The van der Waals surface area contributed by atoms with Gasteiger partial charge < -0.3 is 33.3 Å². The van der Waals surface area contributed by atoms with Crippen molar-refractivity contribution < 1.29 is 42.9 Å². The minimum Gasteiger partial charge on any atom is -0.545 e. The third-order valence-electron chi connectivity index (χ3n) is 12.6. The summed E-state index contributed by atoms with van der Waals surface area (Å²) in [7, 11) is 5.93. The molecule has 0 aromatic rings. The van der Waals surface area contributed by atoms with E-state index < -0.39 is 24.3 Å². The lowest BCUT2D eigenvalue weighted by atomic mass is 10.0. The Balaban J connectivity index is 4.21. The summed E-state index contributed by atoms with van der Waals surface area (Å²) in [5, 5.41) is 11.7. The summed E-state index contributed by atoms with van der Waals surface area (Å²) in [5.74, 6) is -2.25. The zero-order valence-corrected chi connectivity index (χ0v) is 43.2. The van der Waals surface area contributed by atoms with Gasteiger partial charge in [-0.3, -0.25) is 9.59 Å². The smallest absolute Gasteiger partial charge is 0.306 e. The van der Waals surface area contributed by atoms with Gasteiger partial charge >= 0.3 is 11.9 Å². The average Bonchev–Trinajstić information content (AvgIpc) is 3.26. The van der Waals surface area contributed by atoms with Gasteiger partial charge in [-0.15, -0.1) is 0 Å². The number of quaternary nitrogens is 1. The maximum atomic E-state index is 12.8. The Morgan fingerprint density at radius 3 is 1.00 bits per heavy atom.